The predicted molar refractivity (Wildman–Crippen MR) is 160 cm³/mol. The van der Waals surface area contributed by atoms with Gasteiger partial charge in [-0.25, -0.2) is 8.78 Å². The van der Waals surface area contributed by atoms with Crippen molar-refractivity contribution < 1.29 is 18.6 Å². The van der Waals surface area contributed by atoms with Crippen LogP contribution in [-0.2, 0) is 0 Å². The fraction of sp³-hybridized carbons (Fsp3) is 0.273. The Bertz CT molecular complexity index is 1540. The highest BCUT2D eigenvalue weighted by molar-refractivity contribution is 5.62. The summed E-state index contributed by atoms with van der Waals surface area (Å²) in [6.45, 7) is 1.07. The van der Waals surface area contributed by atoms with Gasteiger partial charge in [-0.1, -0.05) is 54.6 Å². The number of hydrogen-bond acceptors (Lipinski definition) is 6. The van der Waals surface area contributed by atoms with Crippen LogP contribution in [0.15, 0.2) is 91.0 Å². The Kier molecular flexibility index (Phi) is 7.75. The lowest BCUT2D eigenvalue weighted by Gasteiger charge is -2.36. The van der Waals surface area contributed by atoms with Gasteiger partial charge in [0.15, 0.2) is 11.6 Å². The Morgan fingerprint density at radius 3 is 1.53 bits per heavy atom. The molecule has 2 atom stereocenters. The fourth-order valence-electron chi connectivity index (χ4n) is 6.63. The monoisotopic (exact) mass is 584 g/mol. The molecule has 0 bridgehead atoms. The molecule has 0 aromatic heterocycles. The summed E-state index contributed by atoms with van der Waals surface area (Å²) in [4.78, 5) is 25.2. The summed E-state index contributed by atoms with van der Waals surface area (Å²) < 4.78 is 31.7. The van der Waals surface area contributed by atoms with Crippen LogP contribution in [-0.4, -0.2) is 22.9 Å². The number of halogens is 2. The van der Waals surface area contributed by atoms with Crippen molar-refractivity contribution >= 4 is 22.7 Å². The first-order valence-corrected chi connectivity index (χ1v) is 14.4. The molecule has 0 amide bonds. The van der Waals surface area contributed by atoms with Crippen LogP contribution in [0, 0.1) is 31.9 Å². The maximum absolute atomic E-state index is 15.9. The van der Waals surface area contributed by atoms with Crippen molar-refractivity contribution in [1.29, 1.82) is 0 Å². The molecule has 2 fully saturated rings. The number of piperidine rings is 1. The molecule has 2 saturated heterocycles. The van der Waals surface area contributed by atoms with E-state index in [0.717, 1.165) is 24.0 Å². The van der Waals surface area contributed by atoms with E-state index >= 15 is 8.78 Å². The number of hydrogen-bond donors (Lipinski definition) is 0. The maximum Gasteiger partial charge on any atom is 0.269 e. The van der Waals surface area contributed by atoms with Crippen molar-refractivity contribution in [1.82, 2.24) is 0 Å². The van der Waals surface area contributed by atoms with E-state index in [1.165, 1.54) is 42.0 Å². The van der Waals surface area contributed by atoms with Gasteiger partial charge in [-0.3, -0.25) is 20.2 Å². The second kappa shape index (κ2) is 11.8. The van der Waals surface area contributed by atoms with Crippen LogP contribution in [0.1, 0.15) is 60.4 Å². The van der Waals surface area contributed by atoms with Crippen molar-refractivity contribution in [2.45, 2.75) is 43.7 Å². The maximum atomic E-state index is 15.9. The second-order valence-corrected chi connectivity index (χ2v) is 11.1. The summed E-state index contributed by atoms with van der Waals surface area (Å²) in [5.74, 6) is -0.952. The van der Waals surface area contributed by atoms with Gasteiger partial charge in [0, 0.05) is 43.0 Å². The largest absolute Gasteiger partial charge is 0.367 e. The molecule has 0 N–H and O–H groups in total. The molecular weight excluding hydrogens is 554 g/mol. The molecule has 4 aromatic rings. The Morgan fingerprint density at radius 1 is 0.628 bits per heavy atom. The smallest absolute Gasteiger partial charge is 0.269 e. The van der Waals surface area contributed by atoms with E-state index in [1.54, 1.807) is 29.2 Å². The van der Waals surface area contributed by atoms with Crippen molar-refractivity contribution in [2.24, 2.45) is 0 Å². The highest BCUT2D eigenvalue weighted by Gasteiger charge is 2.37. The zero-order valence-electron chi connectivity index (χ0n) is 23.3. The summed E-state index contributed by atoms with van der Waals surface area (Å²) in [6, 6.07) is 24.7. The SMILES string of the molecule is O=[N+]([O-])c1ccc(C2CCC(c3ccc([N+](=O)[O-])cc3)N2c2cc(F)c(N3CCC(c4ccccc4)CC3)c(F)c2)cc1. The first-order chi connectivity index (χ1) is 20.8. The normalized spacial score (nSPS) is 19.0. The molecule has 0 saturated carbocycles. The molecule has 2 aliphatic rings. The average molecular weight is 585 g/mol. The molecular formula is C33H30F2N4O4. The first-order valence-electron chi connectivity index (χ1n) is 14.4. The molecule has 0 spiro atoms. The number of anilines is 2. The van der Waals surface area contributed by atoms with Gasteiger partial charge in [0.2, 0.25) is 0 Å². The van der Waals surface area contributed by atoms with E-state index in [-0.39, 0.29) is 29.1 Å². The van der Waals surface area contributed by atoms with Gasteiger partial charge in [-0.2, -0.15) is 0 Å². The van der Waals surface area contributed by atoms with Gasteiger partial charge >= 0.3 is 0 Å². The first kappa shape index (κ1) is 28.3. The molecule has 8 nitrogen and oxygen atoms in total. The third kappa shape index (κ3) is 5.64. The van der Waals surface area contributed by atoms with Crippen molar-refractivity contribution in [3.63, 3.8) is 0 Å². The Morgan fingerprint density at radius 2 is 1.09 bits per heavy atom. The third-order valence-corrected chi connectivity index (χ3v) is 8.74. The van der Waals surface area contributed by atoms with E-state index in [4.69, 9.17) is 0 Å². The van der Waals surface area contributed by atoms with Crippen LogP contribution in [0.5, 0.6) is 0 Å². The van der Waals surface area contributed by atoms with Gasteiger partial charge in [0.05, 0.1) is 21.9 Å². The van der Waals surface area contributed by atoms with Gasteiger partial charge in [-0.05, 0) is 60.4 Å². The summed E-state index contributed by atoms with van der Waals surface area (Å²) >= 11 is 0. The molecule has 0 radical (unpaired) electrons. The van der Waals surface area contributed by atoms with Gasteiger partial charge in [0.25, 0.3) is 11.4 Å². The van der Waals surface area contributed by atoms with E-state index in [0.29, 0.717) is 37.5 Å². The number of rotatable bonds is 7. The quantitative estimate of drug-likeness (QED) is 0.160. The molecule has 43 heavy (non-hydrogen) atoms. The lowest BCUT2D eigenvalue weighted by molar-refractivity contribution is -0.385. The Balaban J connectivity index is 1.32. The van der Waals surface area contributed by atoms with Crippen LogP contribution in [0.2, 0.25) is 0 Å². The van der Waals surface area contributed by atoms with Gasteiger partial charge < -0.3 is 9.80 Å². The van der Waals surface area contributed by atoms with Gasteiger partial charge in [-0.15, -0.1) is 0 Å². The summed E-state index contributed by atoms with van der Waals surface area (Å²) in [7, 11) is 0. The third-order valence-electron chi connectivity index (χ3n) is 8.74. The number of nitrogens with zero attached hydrogens (tertiary/aromatic N) is 4. The lowest BCUT2D eigenvalue weighted by Crippen LogP contribution is -2.34. The van der Waals surface area contributed by atoms with Crippen LogP contribution >= 0.6 is 0 Å². The number of non-ortho nitro benzene ring substituents is 2. The molecule has 4 aromatic carbocycles. The summed E-state index contributed by atoms with van der Waals surface area (Å²) in [5, 5.41) is 22.4. The van der Waals surface area contributed by atoms with Gasteiger partial charge in [0.1, 0.15) is 5.69 Å². The second-order valence-electron chi connectivity index (χ2n) is 11.1. The fourth-order valence-corrected chi connectivity index (χ4v) is 6.63. The minimum Gasteiger partial charge on any atom is -0.367 e. The minimum absolute atomic E-state index is 0.0340. The van der Waals surface area contributed by atoms with Crippen LogP contribution < -0.4 is 9.80 Å². The molecule has 10 heteroatoms. The van der Waals surface area contributed by atoms with Crippen LogP contribution in [0.4, 0.5) is 31.5 Å². The zero-order chi connectivity index (χ0) is 30.1. The molecule has 6 rings (SSSR count). The standard InChI is InChI=1S/C33H30F2N4O4/c34-29-20-28(21-30(35)33(29)36-18-16-23(17-19-36)22-4-2-1-3-5-22)37-31(24-6-10-26(11-7-24)38(40)41)14-15-32(37)25-8-12-27(13-9-25)39(42)43/h1-13,20-21,23,31-32H,14-19H2. The molecule has 2 aliphatic heterocycles. The summed E-state index contributed by atoms with van der Waals surface area (Å²) in [5.41, 5.74) is 3.03. The average Bonchev–Trinajstić information content (AvgIpc) is 3.47. The van der Waals surface area contributed by atoms with Crippen molar-refractivity contribution in [3.05, 3.63) is 140 Å². The topological polar surface area (TPSA) is 92.8 Å². The minimum atomic E-state index is -0.648. The highest BCUT2D eigenvalue weighted by atomic mass is 19.1. The zero-order valence-corrected chi connectivity index (χ0v) is 23.3. The van der Waals surface area contributed by atoms with Crippen LogP contribution in [0.3, 0.4) is 0 Å². The molecule has 2 heterocycles. The van der Waals surface area contributed by atoms with Crippen molar-refractivity contribution in [2.75, 3.05) is 22.9 Å². The van der Waals surface area contributed by atoms with Crippen LogP contribution in [0.25, 0.3) is 0 Å². The van der Waals surface area contributed by atoms with E-state index < -0.39 is 21.5 Å². The Labute approximate surface area is 247 Å². The number of benzene rings is 4. The molecule has 220 valence electrons. The van der Waals surface area contributed by atoms with Crippen molar-refractivity contribution in [3.8, 4) is 0 Å². The molecule has 0 aliphatic carbocycles. The highest BCUT2D eigenvalue weighted by Crippen LogP contribution is 2.48. The Hall–Kier alpha value is -4.86. The number of nitro groups is 2. The summed E-state index contributed by atoms with van der Waals surface area (Å²) in [6.07, 6.45) is 2.83. The van der Waals surface area contributed by atoms with E-state index in [2.05, 4.69) is 12.1 Å². The number of nitro benzene ring substituents is 2. The van der Waals surface area contributed by atoms with E-state index in [9.17, 15) is 20.2 Å². The van der Waals surface area contributed by atoms with E-state index in [1.807, 2.05) is 23.1 Å². The molecule has 2 unspecified atom stereocenters. The lowest BCUT2D eigenvalue weighted by atomic mass is 9.89. The predicted octanol–water partition coefficient (Wildman–Crippen LogP) is 8.25.